The molecule has 4 heteroatoms. The zero-order valence-corrected chi connectivity index (χ0v) is 9.93. The Bertz CT molecular complexity index is 568. The molecule has 94 valence electrons. The Morgan fingerprint density at radius 2 is 1.83 bits per heavy atom. The molecule has 0 aliphatic rings. The highest BCUT2D eigenvalue weighted by atomic mass is 16.3. The van der Waals surface area contributed by atoms with Crippen molar-refractivity contribution in [2.45, 2.75) is 6.42 Å². The van der Waals surface area contributed by atoms with Gasteiger partial charge in [0.1, 0.15) is 5.75 Å². The fourth-order valence-corrected chi connectivity index (χ4v) is 2.04. The van der Waals surface area contributed by atoms with E-state index in [4.69, 9.17) is 16.6 Å². The van der Waals surface area contributed by atoms with E-state index >= 15 is 0 Å². The van der Waals surface area contributed by atoms with Gasteiger partial charge in [-0.1, -0.05) is 12.1 Å². The molecular formula is C14H16N2O2. The first kappa shape index (κ1) is 12.3. The van der Waals surface area contributed by atoms with Gasteiger partial charge in [-0.3, -0.25) is 0 Å². The second kappa shape index (κ2) is 4.98. The molecule has 0 saturated carbocycles. The van der Waals surface area contributed by atoms with Crippen molar-refractivity contribution in [2.24, 2.45) is 0 Å². The molecule has 0 fully saturated rings. The predicted molar refractivity (Wildman–Crippen MR) is 73.2 cm³/mol. The van der Waals surface area contributed by atoms with Gasteiger partial charge in [-0.05, 0) is 47.4 Å². The number of aromatic hydroxyl groups is 1. The minimum atomic E-state index is 0.0138. The third kappa shape index (κ3) is 2.38. The summed E-state index contributed by atoms with van der Waals surface area (Å²) >= 11 is 0. The van der Waals surface area contributed by atoms with E-state index in [0.717, 1.165) is 16.7 Å². The Balaban J connectivity index is 2.61. The number of phenolic OH excluding ortho intramolecular Hbond substituents is 1. The predicted octanol–water partition coefficient (Wildman–Crippen LogP) is 1.76. The molecule has 0 atom stereocenters. The van der Waals surface area contributed by atoms with E-state index in [1.807, 2.05) is 6.07 Å². The van der Waals surface area contributed by atoms with Crippen LogP contribution >= 0.6 is 0 Å². The average Bonchev–Trinajstić information content (AvgIpc) is 2.32. The molecule has 18 heavy (non-hydrogen) atoms. The zero-order chi connectivity index (χ0) is 13.1. The first-order valence-electron chi connectivity index (χ1n) is 5.70. The molecule has 2 rings (SSSR count). The first-order valence-corrected chi connectivity index (χ1v) is 5.70. The number of hydrogen-bond acceptors (Lipinski definition) is 4. The van der Waals surface area contributed by atoms with Crippen molar-refractivity contribution in [3.8, 4) is 16.9 Å². The summed E-state index contributed by atoms with van der Waals surface area (Å²) < 4.78 is 0. The monoisotopic (exact) mass is 244 g/mol. The van der Waals surface area contributed by atoms with Crippen molar-refractivity contribution in [3.05, 3.63) is 42.0 Å². The van der Waals surface area contributed by atoms with Gasteiger partial charge in [-0.2, -0.15) is 0 Å². The van der Waals surface area contributed by atoms with Gasteiger partial charge in [-0.25, -0.2) is 0 Å². The quantitative estimate of drug-likeness (QED) is 0.619. The normalized spacial score (nSPS) is 10.5. The molecule has 4 nitrogen and oxygen atoms in total. The van der Waals surface area contributed by atoms with Crippen LogP contribution in [-0.4, -0.2) is 16.8 Å². The summed E-state index contributed by atoms with van der Waals surface area (Å²) in [5.74, 6) is 0.184. The zero-order valence-electron chi connectivity index (χ0n) is 9.93. The van der Waals surface area contributed by atoms with Crippen LogP contribution in [0.15, 0.2) is 36.4 Å². The van der Waals surface area contributed by atoms with Crippen LogP contribution < -0.4 is 11.5 Å². The van der Waals surface area contributed by atoms with Gasteiger partial charge in [0.15, 0.2) is 0 Å². The molecular weight excluding hydrogens is 228 g/mol. The molecule has 0 spiro atoms. The van der Waals surface area contributed by atoms with E-state index in [1.165, 1.54) is 0 Å². The highest BCUT2D eigenvalue weighted by molar-refractivity contribution is 5.78. The maximum atomic E-state index is 9.52. The van der Waals surface area contributed by atoms with Crippen molar-refractivity contribution >= 4 is 11.4 Å². The van der Waals surface area contributed by atoms with Gasteiger partial charge in [0.05, 0.1) is 0 Å². The lowest BCUT2D eigenvalue weighted by atomic mass is 9.95. The summed E-state index contributed by atoms with van der Waals surface area (Å²) in [6, 6.07) is 10.4. The molecule has 0 unspecified atom stereocenters. The molecule has 0 saturated heterocycles. The average molecular weight is 244 g/mol. The number of nitrogens with two attached hydrogens (primary N) is 2. The van der Waals surface area contributed by atoms with E-state index < -0.39 is 0 Å². The van der Waals surface area contributed by atoms with Crippen molar-refractivity contribution in [2.75, 3.05) is 18.1 Å². The third-order valence-corrected chi connectivity index (χ3v) is 2.83. The molecule has 0 heterocycles. The van der Waals surface area contributed by atoms with Crippen LogP contribution in [0.2, 0.25) is 0 Å². The number of nitrogen functional groups attached to an aromatic ring is 2. The smallest absolute Gasteiger partial charge is 0.116 e. The molecule has 0 radical (unpaired) electrons. The fraction of sp³-hybridized carbons (Fsp3) is 0.143. The second-order valence-corrected chi connectivity index (χ2v) is 4.16. The van der Waals surface area contributed by atoms with Gasteiger partial charge in [-0.15, -0.1) is 0 Å². The number of rotatable bonds is 3. The minimum Gasteiger partial charge on any atom is -0.508 e. The lowest BCUT2D eigenvalue weighted by Crippen LogP contribution is -2.02. The van der Waals surface area contributed by atoms with Crippen LogP contribution in [0.1, 0.15) is 5.56 Å². The van der Waals surface area contributed by atoms with Crippen LogP contribution in [0.25, 0.3) is 11.1 Å². The number of aliphatic hydroxyl groups is 1. The summed E-state index contributed by atoms with van der Waals surface area (Å²) in [5.41, 5.74) is 15.4. The van der Waals surface area contributed by atoms with Gasteiger partial charge < -0.3 is 21.7 Å². The SMILES string of the molecule is Nc1cc(N)c(CCO)c(-c2cccc(O)c2)c1. The van der Waals surface area contributed by atoms with Crippen molar-refractivity contribution in [1.82, 2.24) is 0 Å². The van der Waals surface area contributed by atoms with Crippen LogP contribution in [0, 0.1) is 0 Å². The van der Waals surface area contributed by atoms with E-state index in [0.29, 0.717) is 17.8 Å². The van der Waals surface area contributed by atoms with Crippen LogP contribution in [0.4, 0.5) is 11.4 Å². The fourth-order valence-electron chi connectivity index (χ4n) is 2.04. The molecule has 0 aliphatic carbocycles. The third-order valence-electron chi connectivity index (χ3n) is 2.83. The highest BCUT2D eigenvalue weighted by Gasteiger charge is 2.10. The molecule has 0 aromatic heterocycles. The number of phenols is 1. The lowest BCUT2D eigenvalue weighted by molar-refractivity contribution is 0.300. The summed E-state index contributed by atoms with van der Waals surface area (Å²) in [6.45, 7) is 0.0138. The van der Waals surface area contributed by atoms with Crippen molar-refractivity contribution in [3.63, 3.8) is 0 Å². The van der Waals surface area contributed by atoms with Gasteiger partial charge in [0.2, 0.25) is 0 Å². The van der Waals surface area contributed by atoms with Gasteiger partial charge in [0, 0.05) is 18.0 Å². The minimum absolute atomic E-state index is 0.0138. The van der Waals surface area contributed by atoms with Crippen molar-refractivity contribution in [1.29, 1.82) is 0 Å². The van der Waals surface area contributed by atoms with Gasteiger partial charge in [0.25, 0.3) is 0 Å². The van der Waals surface area contributed by atoms with E-state index in [-0.39, 0.29) is 12.4 Å². The van der Waals surface area contributed by atoms with Crippen molar-refractivity contribution < 1.29 is 10.2 Å². The summed E-state index contributed by atoms with van der Waals surface area (Å²) in [4.78, 5) is 0. The highest BCUT2D eigenvalue weighted by Crippen LogP contribution is 2.32. The number of benzene rings is 2. The largest absolute Gasteiger partial charge is 0.508 e. The molecule has 6 N–H and O–H groups in total. The molecule has 0 amide bonds. The Kier molecular flexibility index (Phi) is 3.39. The maximum Gasteiger partial charge on any atom is 0.116 e. The topological polar surface area (TPSA) is 92.5 Å². The lowest BCUT2D eigenvalue weighted by Gasteiger charge is -2.13. The molecule has 0 bridgehead atoms. The second-order valence-electron chi connectivity index (χ2n) is 4.16. The number of anilines is 2. The van der Waals surface area contributed by atoms with Crippen LogP contribution in [0.3, 0.4) is 0 Å². The van der Waals surface area contributed by atoms with E-state index in [1.54, 1.807) is 30.3 Å². The van der Waals surface area contributed by atoms with Gasteiger partial charge >= 0.3 is 0 Å². The Morgan fingerprint density at radius 3 is 2.50 bits per heavy atom. The Labute approximate surface area is 105 Å². The molecule has 2 aromatic rings. The van der Waals surface area contributed by atoms with E-state index in [9.17, 15) is 5.11 Å². The summed E-state index contributed by atoms with van der Waals surface area (Å²) in [7, 11) is 0. The van der Waals surface area contributed by atoms with Crippen LogP contribution in [0.5, 0.6) is 5.75 Å². The maximum absolute atomic E-state index is 9.52. The standard InChI is InChI=1S/C14H16N2O2/c15-10-7-13(9-2-1-3-11(18)6-9)12(4-5-17)14(16)8-10/h1-3,6-8,17-18H,4-5,15-16H2. The number of aliphatic hydroxyl groups excluding tert-OH is 1. The Morgan fingerprint density at radius 1 is 1.06 bits per heavy atom. The molecule has 2 aromatic carbocycles. The molecule has 0 aliphatic heterocycles. The van der Waals surface area contributed by atoms with E-state index in [2.05, 4.69) is 0 Å². The number of hydrogen-bond donors (Lipinski definition) is 4. The summed E-state index contributed by atoms with van der Waals surface area (Å²) in [6.07, 6.45) is 0.455. The van der Waals surface area contributed by atoms with Crippen LogP contribution in [-0.2, 0) is 6.42 Å². The Hall–Kier alpha value is -2.20. The summed E-state index contributed by atoms with van der Waals surface area (Å²) in [5, 5.41) is 18.6. The first-order chi connectivity index (χ1) is 8.61.